The van der Waals surface area contributed by atoms with Crippen LogP contribution in [-0.2, 0) is 0 Å². The van der Waals surface area contributed by atoms with E-state index in [0.717, 1.165) is 18.4 Å². The number of nitrogens with zero attached hydrogens (tertiary/aromatic N) is 2. The van der Waals surface area contributed by atoms with Crippen molar-refractivity contribution in [3.8, 4) is 11.5 Å². The summed E-state index contributed by atoms with van der Waals surface area (Å²) in [5.74, 6) is 0.457. The zero-order chi connectivity index (χ0) is 13.8. The number of benzene rings is 1. The third-order valence-corrected chi connectivity index (χ3v) is 3.69. The van der Waals surface area contributed by atoms with Crippen molar-refractivity contribution in [2.45, 2.75) is 38.1 Å². The molecule has 1 heterocycles. The number of carbonyl (C=O) groups excluding carboxylic acids is 1. The zero-order valence-corrected chi connectivity index (χ0v) is 11.2. The number of aromatic nitrogens is 2. The Balaban J connectivity index is 1.66. The van der Waals surface area contributed by atoms with Gasteiger partial charge in [0.2, 0.25) is 12.3 Å². The van der Waals surface area contributed by atoms with E-state index in [4.69, 9.17) is 4.42 Å². The molecule has 3 rings (SSSR count). The maximum atomic E-state index is 12.1. The Kier molecular flexibility index (Phi) is 3.76. The van der Waals surface area contributed by atoms with Gasteiger partial charge < -0.3 is 9.73 Å². The molecule has 1 aromatic carbocycles. The number of hydrogen-bond donors (Lipinski definition) is 1. The number of rotatable bonds is 3. The van der Waals surface area contributed by atoms with Crippen molar-refractivity contribution in [2.75, 3.05) is 0 Å². The van der Waals surface area contributed by atoms with Crippen LogP contribution in [0, 0.1) is 0 Å². The van der Waals surface area contributed by atoms with E-state index in [2.05, 4.69) is 15.5 Å². The van der Waals surface area contributed by atoms with E-state index < -0.39 is 0 Å². The van der Waals surface area contributed by atoms with Gasteiger partial charge in [-0.05, 0) is 37.1 Å². The summed E-state index contributed by atoms with van der Waals surface area (Å²) < 4.78 is 5.12. The van der Waals surface area contributed by atoms with Crippen LogP contribution in [0.5, 0.6) is 0 Å². The Labute approximate surface area is 117 Å². The molecule has 5 heteroatoms. The first-order valence-corrected chi connectivity index (χ1v) is 7.00. The van der Waals surface area contributed by atoms with Crippen molar-refractivity contribution in [3.05, 3.63) is 36.2 Å². The van der Waals surface area contributed by atoms with Crippen LogP contribution in [0.4, 0.5) is 0 Å². The van der Waals surface area contributed by atoms with Gasteiger partial charge in [-0.1, -0.05) is 19.3 Å². The maximum absolute atomic E-state index is 12.1. The van der Waals surface area contributed by atoms with E-state index in [1.54, 1.807) is 12.1 Å². The molecule has 1 aliphatic carbocycles. The van der Waals surface area contributed by atoms with E-state index in [1.165, 1.54) is 25.7 Å². The monoisotopic (exact) mass is 271 g/mol. The molecule has 0 atom stereocenters. The summed E-state index contributed by atoms with van der Waals surface area (Å²) in [6.45, 7) is 0. The van der Waals surface area contributed by atoms with Crippen molar-refractivity contribution in [1.29, 1.82) is 0 Å². The minimum absolute atomic E-state index is 0.00557. The smallest absolute Gasteiger partial charge is 0.251 e. The van der Waals surface area contributed by atoms with Crippen LogP contribution >= 0.6 is 0 Å². The molecule has 1 N–H and O–H groups in total. The first kappa shape index (κ1) is 12.8. The number of carbonyl (C=O) groups is 1. The van der Waals surface area contributed by atoms with Gasteiger partial charge in [-0.2, -0.15) is 0 Å². The second kappa shape index (κ2) is 5.86. The molecule has 5 nitrogen and oxygen atoms in total. The van der Waals surface area contributed by atoms with E-state index in [1.807, 2.05) is 12.1 Å². The van der Waals surface area contributed by atoms with Gasteiger partial charge in [0.25, 0.3) is 5.91 Å². The Hall–Kier alpha value is -2.17. The summed E-state index contributed by atoms with van der Waals surface area (Å²) in [4.78, 5) is 12.1. The van der Waals surface area contributed by atoms with E-state index in [0.29, 0.717) is 17.5 Å². The van der Waals surface area contributed by atoms with Crippen molar-refractivity contribution < 1.29 is 9.21 Å². The van der Waals surface area contributed by atoms with Crippen molar-refractivity contribution in [3.63, 3.8) is 0 Å². The van der Waals surface area contributed by atoms with Gasteiger partial charge in [0.15, 0.2) is 0 Å². The van der Waals surface area contributed by atoms with Crippen molar-refractivity contribution in [2.24, 2.45) is 0 Å². The van der Waals surface area contributed by atoms with E-state index >= 15 is 0 Å². The Morgan fingerprint density at radius 2 is 1.90 bits per heavy atom. The molecule has 0 radical (unpaired) electrons. The van der Waals surface area contributed by atoms with Crippen LogP contribution in [0.3, 0.4) is 0 Å². The molecule has 104 valence electrons. The van der Waals surface area contributed by atoms with Crippen molar-refractivity contribution in [1.82, 2.24) is 15.5 Å². The molecule has 0 bridgehead atoms. The third kappa shape index (κ3) is 2.87. The molecule has 1 saturated carbocycles. The number of nitrogens with one attached hydrogen (secondary N) is 1. The van der Waals surface area contributed by atoms with Gasteiger partial charge in [0.05, 0.1) is 0 Å². The normalized spacial score (nSPS) is 16.0. The van der Waals surface area contributed by atoms with Gasteiger partial charge in [0.1, 0.15) is 0 Å². The van der Waals surface area contributed by atoms with Gasteiger partial charge in [-0.3, -0.25) is 4.79 Å². The highest BCUT2D eigenvalue weighted by Gasteiger charge is 2.16. The Morgan fingerprint density at radius 1 is 1.15 bits per heavy atom. The molecule has 1 fully saturated rings. The number of hydrogen-bond acceptors (Lipinski definition) is 4. The van der Waals surface area contributed by atoms with Crippen LogP contribution in [0.2, 0.25) is 0 Å². The SMILES string of the molecule is O=C(NC1CCCCC1)c1ccc(-c2nnco2)cc1. The minimum Gasteiger partial charge on any atom is -0.423 e. The highest BCUT2D eigenvalue weighted by atomic mass is 16.4. The van der Waals surface area contributed by atoms with Crippen LogP contribution in [0.15, 0.2) is 35.1 Å². The molecule has 0 unspecified atom stereocenters. The molecule has 0 aliphatic heterocycles. The second-order valence-corrected chi connectivity index (χ2v) is 5.13. The summed E-state index contributed by atoms with van der Waals surface area (Å²) in [6, 6.07) is 7.55. The van der Waals surface area contributed by atoms with Crippen LogP contribution in [0.1, 0.15) is 42.5 Å². The average Bonchev–Trinajstić information content (AvgIpc) is 3.03. The molecular weight excluding hydrogens is 254 g/mol. The van der Waals surface area contributed by atoms with E-state index in [9.17, 15) is 4.79 Å². The zero-order valence-electron chi connectivity index (χ0n) is 11.2. The predicted molar refractivity (Wildman–Crippen MR) is 74.1 cm³/mol. The molecule has 0 spiro atoms. The lowest BCUT2D eigenvalue weighted by atomic mass is 9.95. The minimum atomic E-state index is -0.00557. The highest BCUT2D eigenvalue weighted by Crippen LogP contribution is 2.19. The molecular formula is C15H17N3O2. The first-order valence-electron chi connectivity index (χ1n) is 7.00. The van der Waals surface area contributed by atoms with Gasteiger partial charge in [-0.25, -0.2) is 0 Å². The lowest BCUT2D eigenvalue weighted by Gasteiger charge is -2.22. The van der Waals surface area contributed by atoms with Gasteiger partial charge in [0, 0.05) is 17.2 Å². The third-order valence-electron chi connectivity index (χ3n) is 3.69. The lowest BCUT2D eigenvalue weighted by molar-refractivity contribution is 0.0927. The highest BCUT2D eigenvalue weighted by molar-refractivity contribution is 5.94. The molecule has 0 saturated heterocycles. The second-order valence-electron chi connectivity index (χ2n) is 5.13. The van der Waals surface area contributed by atoms with Crippen LogP contribution < -0.4 is 5.32 Å². The summed E-state index contributed by atoms with van der Waals surface area (Å²) in [5.41, 5.74) is 1.48. The fraction of sp³-hybridized carbons (Fsp3) is 0.400. The standard InChI is InChI=1S/C15H17N3O2/c19-14(17-13-4-2-1-3-5-13)11-6-8-12(9-7-11)15-18-16-10-20-15/h6-10,13H,1-5H2,(H,17,19). The van der Waals surface area contributed by atoms with Gasteiger partial charge >= 0.3 is 0 Å². The summed E-state index contributed by atoms with van der Waals surface area (Å²) in [6.07, 6.45) is 7.17. The topological polar surface area (TPSA) is 68.0 Å². The first-order chi connectivity index (χ1) is 9.83. The molecule has 2 aromatic rings. The Bertz CT molecular complexity index is 557. The predicted octanol–water partition coefficient (Wildman–Crippen LogP) is 2.80. The maximum Gasteiger partial charge on any atom is 0.251 e. The molecule has 1 aliphatic rings. The summed E-state index contributed by atoms with van der Waals surface area (Å²) in [5, 5.41) is 10.6. The molecule has 1 aromatic heterocycles. The van der Waals surface area contributed by atoms with E-state index in [-0.39, 0.29) is 5.91 Å². The lowest BCUT2D eigenvalue weighted by Crippen LogP contribution is -2.36. The fourth-order valence-corrected chi connectivity index (χ4v) is 2.58. The largest absolute Gasteiger partial charge is 0.423 e. The molecule has 20 heavy (non-hydrogen) atoms. The molecule has 1 amide bonds. The van der Waals surface area contributed by atoms with Crippen LogP contribution in [0.25, 0.3) is 11.5 Å². The Morgan fingerprint density at radius 3 is 2.55 bits per heavy atom. The summed E-state index contributed by atoms with van der Waals surface area (Å²) in [7, 11) is 0. The summed E-state index contributed by atoms with van der Waals surface area (Å²) >= 11 is 0. The number of amides is 1. The quantitative estimate of drug-likeness (QED) is 0.932. The van der Waals surface area contributed by atoms with Gasteiger partial charge in [-0.15, -0.1) is 10.2 Å². The van der Waals surface area contributed by atoms with Crippen LogP contribution in [-0.4, -0.2) is 22.1 Å². The average molecular weight is 271 g/mol. The fourth-order valence-electron chi connectivity index (χ4n) is 2.58. The van der Waals surface area contributed by atoms with Crippen molar-refractivity contribution >= 4 is 5.91 Å².